The summed E-state index contributed by atoms with van der Waals surface area (Å²) in [6.45, 7) is 1.35. The van der Waals surface area contributed by atoms with Gasteiger partial charge < -0.3 is 9.66 Å². The van der Waals surface area contributed by atoms with E-state index in [9.17, 15) is 31.8 Å². The lowest BCUT2D eigenvalue weighted by Gasteiger charge is -2.33. The molecule has 2 N–H and O–H groups in total. The molecule has 1 unspecified atom stereocenters. The molecule has 2 aliphatic rings. The van der Waals surface area contributed by atoms with E-state index >= 15 is 0 Å². The van der Waals surface area contributed by atoms with Crippen LogP contribution in [0.3, 0.4) is 0 Å². The van der Waals surface area contributed by atoms with Crippen LogP contribution in [0.1, 0.15) is 57.7 Å². The summed E-state index contributed by atoms with van der Waals surface area (Å²) in [5, 5.41) is 18.8. The second-order valence-electron chi connectivity index (χ2n) is 11.7. The number of nitrogens with one attached hydrogen (secondary N) is 1. The van der Waals surface area contributed by atoms with Crippen molar-refractivity contribution < 1.29 is 31.8 Å². The quantitative estimate of drug-likeness (QED) is 0.166. The van der Waals surface area contributed by atoms with Crippen molar-refractivity contribution in [2.24, 2.45) is 0 Å². The molecule has 0 saturated carbocycles. The highest BCUT2D eigenvalue weighted by atomic mass is 35.5. The number of aromatic nitrogens is 2. The summed E-state index contributed by atoms with van der Waals surface area (Å²) in [6.07, 6.45) is -1.97. The maximum Gasteiger partial charge on any atom is 0.416 e. The predicted octanol–water partition coefficient (Wildman–Crippen LogP) is 6.03. The molecule has 2 fully saturated rings. The van der Waals surface area contributed by atoms with Gasteiger partial charge in [0, 0.05) is 53.6 Å². The van der Waals surface area contributed by atoms with E-state index in [1.54, 1.807) is 24.3 Å². The molecule has 6 rings (SSSR count). The van der Waals surface area contributed by atoms with Crippen molar-refractivity contribution in [2.45, 2.75) is 44.5 Å². The topological polar surface area (TPSA) is 117 Å². The molecule has 2 aliphatic heterocycles. The number of alkyl halides is 3. The van der Waals surface area contributed by atoms with Crippen LogP contribution in [0.5, 0.6) is 0 Å². The molecule has 4 aromatic rings. The Kier molecular flexibility index (Phi) is 11.3. The second-order valence-corrected chi connectivity index (χ2v) is 14.5. The van der Waals surface area contributed by atoms with Crippen molar-refractivity contribution in [1.29, 1.82) is 0 Å². The van der Waals surface area contributed by atoms with Crippen LogP contribution in [0.15, 0.2) is 54.6 Å². The lowest BCUT2D eigenvalue weighted by atomic mass is 10.1. The van der Waals surface area contributed by atoms with Crippen LogP contribution in [0.25, 0.3) is 16.3 Å². The molecule has 1 amide bonds. The first-order chi connectivity index (χ1) is 23.9. The molecule has 50 heavy (non-hydrogen) atoms. The minimum Gasteiger partial charge on any atom is -0.759 e. The number of aliphatic hydroxyl groups is 1. The van der Waals surface area contributed by atoms with Crippen molar-refractivity contribution in [2.75, 3.05) is 26.2 Å². The van der Waals surface area contributed by atoms with Gasteiger partial charge in [-0.15, -0.1) is 11.3 Å². The van der Waals surface area contributed by atoms with Gasteiger partial charge in [0.25, 0.3) is 5.91 Å². The summed E-state index contributed by atoms with van der Waals surface area (Å²) in [5.74, 6) is 5.33. The highest BCUT2D eigenvalue weighted by Crippen LogP contribution is 2.38. The molecule has 2 atom stereocenters. The zero-order valence-electron chi connectivity index (χ0n) is 26.3. The van der Waals surface area contributed by atoms with Crippen molar-refractivity contribution in [3.8, 4) is 28.1 Å². The van der Waals surface area contributed by atoms with Crippen molar-refractivity contribution in [1.82, 2.24) is 29.6 Å². The molecule has 17 heteroatoms. The van der Waals surface area contributed by atoms with Gasteiger partial charge in [0.15, 0.2) is 5.69 Å². The van der Waals surface area contributed by atoms with Crippen LogP contribution in [0, 0.1) is 11.8 Å². The first-order valence-corrected chi connectivity index (χ1v) is 18.2. The van der Waals surface area contributed by atoms with Gasteiger partial charge in [-0.3, -0.25) is 14.4 Å². The first kappa shape index (κ1) is 36.5. The zero-order chi connectivity index (χ0) is 35.6. The minimum absolute atomic E-state index is 0.0300. The van der Waals surface area contributed by atoms with Crippen LogP contribution in [-0.4, -0.2) is 76.3 Å². The molecule has 0 spiro atoms. The summed E-state index contributed by atoms with van der Waals surface area (Å²) in [6, 6.07) is 12.7. The summed E-state index contributed by atoms with van der Waals surface area (Å²) in [4.78, 5) is 15.1. The van der Waals surface area contributed by atoms with E-state index in [0.717, 1.165) is 35.8 Å². The lowest BCUT2D eigenvalue weighted by molar-refractivity contribution is -0.137. The Bertz CT molecular complexity index is 1950. The number of nitrogens with zero attached hydrogens (tertiary/aromatic N) is 5. The van der Waals surface area contributed by atoms with E-state index in [2.05, 4.69) is 17.3 Å². The van der Waals surface area contributed by atoms with Gasteiger partial charge in [-0.25, -0.2) is 14.7 Å². The van der Waals surface area contributed by atoms with E-state index in [4.69, 9.17) is 28.3 Å². The van der Waals surface area contributed by atoms with E-state index in [-0.39, 0.29) is 35.9 Å². The number of rotatable bonds is 8. The molecule has 2 aromatic carbocycles. The van der Waals surface area contributed by atoms with E-state index in [1.165, 1.54) is 39.2 Å². The summed E-state index contributed by atoms with van der Waals surface area (Å²) in [5.41, 5.74) is 3.53. The Hall–Kier alpha value is -3.30. The highest BCUT2D eigenvalue weighted by Gasteiger charge is 2.33. The van der Waals surface area contributed by atoms with Crippen LogP contribution >= 0.6 is 34.5 Å². The zero-order valence-corrected chi connectivity index (χ0v) is 29.4. The number of thiophene rings is 1. The lowest BCUT2D eigenvalue weighted by Crippen LogP contribution is -2.46. The van der Waals surface area contributed by atoms with Gasteiger partial charge in [-0.1, -0.05) is 41.5 Å². The number of β-amino-alcohol motifs (C(OH)–C–C–N with tert-alkyl or cyclic N) is 1. The third-order valence-electron chi connectivity index (χ3n) is 8.26. The number of amides is 1. The monoisotopic (exact) mass is 765 g/mol. The standard InChI is InChI=1S/C33H31Cl2F3N6O4S2/c34-23-9-12-28(27(35)18-23)44-31(29-13-11-25(49-29)10-6-21-4-7-22(8-5-21)33(36,37)38)26(20-43(50(47)48)42-17-14-24(45)19-42)30(39-44)32(46)40-41-15-2-1-3-16-41/h4-5,7-9,11-13,18,24,45H,1-3,14-17,19-20H2,(H,40,46)(H,47,48)/p-1/t24-/m1/s1. The molecule has 264 valence electrons. The Labute approximate surface area is 302 Å². The number of hydrogen-bond acceptors (Lipinski definition) is 8. The largest absolute Gasteiger partial charge is 0.759 e. The Morgan fingerprint density at radius 2 is 1.82 bits per heavy atom. The van der Waals surface area contributed by atoms with Crippen molar-refractivity contribution in [3.05, 3.63) is 91.9 Å². The highest BCUT2D eigenvalue weighted by molar-refractivity contribution is 7.76. The average molecular weight is 767 g/mol. The fraction of sp³-hybridized carbons (Fsp3) is 0.333. The van der Waals surface area contributed by atoms with Crippen LogP contribution in [-0.2, 0) is 24.0 Å². The molecule has 0 bridgehead atoms. The van der Waals surface area contributed by atoms with E-state index in [0.29, 0.717) is 51.2 Å². The molecular weight excluding hydrogens is 736 g/mol. The SMILES string of the molecule is O=C(NN1CCCCC1)c1nn(-c2ccc(Cl)cc2Cl)c(-c2ccc(C#Cc3ccc(C(F)(F)F)cc3)s2)c1CN(N1CC[C@@H](O)C1)S(=O)[O-]. The van der Waals surface area contributed by atoms with Gasteiger partial charge in [0.2, 0.25) is 0 Å². The number of piperidine rings is 1. The van der Waals surface area contributed by atoms with Gasteiger partial charge in [-0.2, -0.15) is 22.7 Å². The Morgan fingerprint density at radius 1 is 1.08 bits per heavy atom. The Balaban J connectivity index is 1.46. The third-order valence-corrected chi connectivity index (χ3v) is 10.5. The third kappa shape index (κ3) is 8.42. The predicted molar refractivity (Wildman–Crippen MR) is 184 cm³/mol. The van der Waals surface area contributed by atoms with E-state index < -0.39 is 35.0 Å². The van der Waals surface area contributed by atoms with Gasteiger partial charge in [0.1, 0.15) is 0 Å². The number of aliphatic hydroxyl groups excluding tert-OH is 1. The molecular formula is C33H30Cl2F3N6O4S2-. The van der Waals surface area contributed by atoms with Crippen LogP contribution in [0.4, 0.5) is 13.2 Å². The molecule has 0 radical (unpaired) electrons. The summed E-state index contributed by atoms with van der Waals surface area (Å²) < 4.78 is 67.0. The maximum absolute atomic E-state index is 14.0. The normalized spacial score (nSPS) is 17.9. The fourth-order valence-corrected chi connectivity index (χ4v) is 7.76. The maximum atomic E-state index is 14.0. The fourth-order valence-electron chi connectivity index (χ4n) is 5.78. The summed E-state index contributed by atoms with van der Waals surface area (Å²) >= 11 is 11.3. The number of carbonyl (C=O) groups excluding carboxylic acids is 1. The average Bonchev–Trinajstić information content (AvgIpc) is 3.81. The molecule has 10 nitrogen and oxygen atoms in total. The number of halogens is 5. The Morgan fingerprint density at radius 3 is 2.46 bits per heavy atom. The number of benzene rings is 2. The molecule has 0 aliphatic carbocycles. The smallest absolute Gasteiger partial charge is 0.416 e. The minimum atomic E-state index is -4.46. The van der Waals surface area contributed by atoms with Gasteiger partial charge in [-0.05, 0) is 73.9 Å². The van der Waals surface area contributed by atoms with E-state index in [1.807, 2.05) is 5.01 Å². The van der Waals surface area contributed by atoms with Crippen LogP contribution in [0.2, 0.25) is 10.0 Å². The van der Waals surface area contributed by atoms with Crippen molar-refractivity contribution in [3.63, 3.8) is 0 Å². The number of hydrazine groups is 2. The number of hydrogen-bond donors (Lipinski definition) is 2. The number of carbonyl (C=O) groups is 1. The molecule has 2 saturated heterocycles. The molecule has 4 heterocycles. The van der Waals surface area contributed by atoms with Gasteiger partial charge >= 0.3 is 6.18 Å². The summed E-state index contributed by atoms with van der Waals surface area (Å²) in [7, 11) is 0. The first-order valence-electron chi connectivity index (χ1n) is 15.6. The second kappa shape index (κ2) is 15.5. The van der Waals surface area contributed by atoms with Gasteiger partial charge in [0.05, 0.1) is 44.4 Å². The van der Waals surface area contributed by atoms with Crippen LogP contribution < -0.4 is 5.43 Å². The molecule has 2 aromatic heterocycles. The van der Waals surface area contributed by atoms with Crippen molar-refractivity contribution >= 4 is 51.7 Å².